The largest absolute Gasteiger partial charge is 0.497 e. The van der Waals surface area contributed by atoms with Crippen LogP contribution in [0.1, 0.15) is 16.1 Å². The first kappa shape index (κ1) is 22.2. The van der Waals surface area contributed by atoms with Crippen LogP contribution in [0.3, 0.4) is 0 Å². The first-order chi connectivity index (χ1) is 15.6. The Bertz CT molecular complexity index is 1050. The third-order valence-electron chi connectivity index (χ3n) is 4.92. The van der Waals surface area contributed by atoms with Crippen LogP contribution in [0.25, 0.3) is 0 Å². The molecule has 0 saturated carbocycles. The number of anilines is 1. The van der Waals surface area contributed by atoms with Gasteiger partial charge in [0, 0.05) is 31.7 Å². The Kier molecular flexibility index (Phi) is 7.28. The van der Waals surface area contributed by atoms with Crippen molar-refractivity contribution in [1.82, 2.24) is 20.4 Å². The van der Waals surface area contributed by atoms with Crippen molar-refractivity contribution in [1.29, 1.82) is 0 Å². The summed E-state index contributed by atoms with van der Waals surface area (Å²) in [5, 5.41) is 12.1. The van der Waals surface area contributed by atoms with Gasteiger partial charge in [0.25, 0.3) is 5.91 Å². The molecule has 9 nitrogen and oxygen atoms in total. The Balaban J connectivity index is 1.23. The van der Waals surface area contributed by atoms with Crippen LogP contribution in [0.15, 0.2) is 51.4 Å². The summed E-state index contributed by atoms with van der Waals surface area (Å²) in [5.74, 6) is 1.55. The zero-order chi connectivity index (χ0) is 22.3. The molecule has 32 heavy (non-hydrogen) atoms. The van der Waals surface area contributed by atoms with Crippen molar-refractivity contribution in [3.05, 3.63) is 54.0 Å². The molecule has 0 aliphatic carbocycles. The van der Waals surface area contributed by atoms with Gasteiger partial charge in [0.15, 0.2) is 4.34 Å². The third-order valence-corrected chi connectivity index (χ3v) is 7.03. The molecule has 2 amide bonds. The molecule has 1 aliphatic heterocycles. The van der Waals surface area contributed by atoms with Crippen LogP contribution >= 0.6 is 23.1 Å². The van der Waals surface area contributed by atoms with Crippen LogP contribution in [0.4, 0.5) is 5.13 Å². The SMILES string of the molecule is COc1cccc(C(=O)N2CCN(c3nnc(SCC(=O)NCc4ccco4)s3)CC2)c1. The molecule has 0 unspecified atom stereocenters. The standard InChI is InChI=1S/C21H23N5O4S2/c1-29-16-5-2-4-15(12-16)19(28)25-7-9-26(10-8-25)20-23-24-21(32-20)31-14-18(27)22-13-17-6-3-11-30-17/h2-6,11-12H,7-10,13-14H2,1H3,(H,22,27). The van der Waals surface area contributed by atoms with E-state index in [9.17, 15) is 9.59 Å². The molecular formula is C21H23N5O4S2. The van der Waals surface area contributed by atoms with Crippen molar-refractivity contribution in [3.63, 3.8) is 0 Å². The number of carbonyl (C=O) groups is 2. The number of ether oxygens (including phenoxy) is 1. The summed E-state index contributed by atoms with van der Waals surface area (Å²) in [6.45, 7) is 2.93. The normalized spacial score (nSPS) is 13.8. The summed E-state index contributed by atoms with van der Waals surface area (Å²) in [4.78, 5) is 28.7. The lowest BCUT2D eigenvalue weighted by Gasteiger charge is -2.34. The van der Waals surface area contributed by atoms with Gasteiger partial charge in [-0.1, -0.05) is 29.2 Å². The summed E-state index contributed by atoms with van der Waals surface area (Å²) >= 11 is 2.81. The number of methoxy groups -OCH3 is 1. The number of piperazine rings is 1. The van der Waals surface area contributed by atoms with E-state index in [4.69, 9.17) is 9.15 Å². The number of rotatable bonds is 8. The van der Waals surface area contributed by atoms with E-state index in [1.165, 1.54) is 23.1 Å². The van der Waals surface area contributed by atoms with E-state index < -0.39 is 0 Å². The lowest BCUT2D eigenvalue weighted by Crippen LogP contribution is -2.48. The van der Waals surface area contributed by atoms with Crippen molar-refractivity contribution in [2.24, 2.45) is 0 Å². The fraction of sp³-hybridized carbons (Fsp3) is 0.333. The average molecular weight is 474 g/mol. The van der Waals surface area contributed by atoms with Gasteiger partial charge in [0.2, 0.25) is 11.0 Å². The van der Waals surface area contributed by atoms with Crippen molar-refractivity contribution in [2.45, 2.75) is 10.9 Å². The van der Waals surface area contributed by atoms with Gasteiger partial charge in [-0.2, -0.15) is 0 Å². The number of aromatic nitrogens is 2. The number of hydrogen-bond donors (Lipinski definition) is 1. The first-order valence-corrected chi connectivity index (χ1v) is 11.9. The lowest BCUT2D eigenvalue weighted by atomic mass is 10.1. The molecule has 1 aliphatic rings. The highest BCUT2D eigenvalue weighted by molar-refractivity contribution is 8.01. The molecule has 3 aromatic rings. The smallest absolute Gasteiger partial charge is 0.254 e. The van der Waals surface area contributed by atoms with Gasteiger partial charge in [-0.3, -0.25) is 9.59 Å². The Hall–Kier alpha value is -3.05. The zero-order valence-corrected chi connectivity index (χ0v) is 19.2. The number of hydrogen-bond acceptors (Lipinski definition) is 9. The minimum Gasteiger partial charge on any atom is -0.497 e. The highest BCUT2D eigenvalue weighted by Crippen LogP contribution is 2.28. The van der Waals surface area contributed by atoms with E-state index >= 15 is 0 Å². The lowest BCUT2D eigenvalue weighted by molar-refractivity contribution is -0.118. The molecule has 3 heterocycles. The molecule has 168 valence electrons. The predicted octanol–water partition coefficient (Wildman–Crippen LogP) is 2.51. The van der Waals surface area contributed by atoms with Crippen molar-refractivity contribution in [2.75, 3.05) is 43.9 Å². The van der Waals surface area contributed by atoms with Gasteiger partial charge in [-0.15, -0.1) is 10.2 Å². The van der Waals surface area contributed by atoms with E-state index in [0.717, 1.165) is 9.47 Å². The molecule has 0 atom stereocenters. The van der Waals surface area contributed by atoms with Crippen LogP contribution in [-0.4, -0.2) is 66.0 Å². The third kappa shape index (κ3) is 5.60. The second-order valence-electron chi connectivity index (χ2n) is 7.01. The number of carbonyl (C=O) groups excluding carboxylic acids is 2. The highest BCUT2D eigenvalue weighted by atomic mass is 32.2. The van der Waals surface area contributed by atoms with E-state index in [2.05, 4.69) is 20.4 Å². The van der Waals surface area contributed by atoms with Crippen LogP contribution in [-0.2, 0) is 11.3 Å². The minimum absolute atomic E-state index is 0.00220. The average Bonchev–Trinajstić information content (AvgIpc) is 3.53. The second kappa shape index (κ2) is 10.5. The molecule has 0 radical (unpaired) electrons. The Morgan fingerprint density at radius 2 is 2.03 bits per heavy atom. The maximum Gasteiger partial charge on any atom is 0.254 e. The Morgan fingerprint density at radius 3 is 2.78 bits per heavy atom. The predicted molar refractivity (Wildman–Crippen MR) is 122 cm³/mol. The molecule has 0 spiro atoms. The van der Waals surface area contributed by atoms with Crippen LogP contribution in [0.2, 0.25) is 0 Å². The topological polar surface area (TPSA) is 101 Å². The maximum absolute atomic E-state index is 12.8. The quantitative estimate of drug-likeness (QED) is 0.498. The van der Waals surface area contributed by atoms with Crippen molar-refractivity contribution >= 4 is 40.0 Å². The van der Waals surface area contributed by atoms with Crippen molar-refractivity contribution in [3.8, 4) is 5.75 Å². The molecule has 1 saturated heterocycles. The van der Waals surface area contributed by atoms with E-state index in [-0.39, 0.29) is 17.6 Å². The van der Waals surface area contributed by atoms with Gasteiger partial charge in [0.05, 0.1) is 25.7 Å². The summed E-state index contributed by atoms with van der Waals surface area (Å²) in [6.07, 6.45) is 1.58. The molecular weight excluding hydrogens is 450 g/mol. The van der Waals surface area contributed by atoms with Gasteiger partial charge in [-0.25, -0.2) is 0 Å². The number of furan rings is 1. The summed E-state index contributed by atoms with van der Waals surface area (Å²) in [7, 11) is 1.59. The van der Waals surface area contributed by atoms with Gasteiger partial charge < -0.3 is 24.3 Å². The fourth-order valence-corrected chi connectivity index (χ4v) is 4.93. The van der Waals surface area contributed by atoms with Gasteiger partial charge >= 0.3 is 0 Å². The molecule has 1 N–H and O–H groups in total. The Labute approximate surface area is 193 Å². The van der Waals surface area contributed by atoms with E-state index in [1.54, 1.807) is 31.6 Å². The van der Waals surface area contributed by atoms with Crippen LogP contribution < -0.4 is 15.0 Å². The molecule has 1 fully saturated rings. The summed E-state index contributed by atoms with van der Waals surface area (Å²) in [6, 6.07) is 10.8. The molecule has 0 bridgehead atoms. The van der Waals surface area contributed by atoms with E-state index in [0.29, 0.717) is 49.8 Å². The zero-order valence-electron chi connectivity index (χ0n) is 17.5. The summed E-state index contributed by atoms with van der Waals surface area (Å²) in [5.41, 5.74) is 0.623. The molecule has 4 rings (SSSR count). The number of benzene rings is 1. The number of amides is 2. The number of nitrogens with one attached hydrogen (secondary N) is 1. The monoisotopic (exact) mass is 473 g/mol. The van der Waals surface area contributed by atoms with Crippen molar-refractivity contribution < 1.29 is 18.7 Å². The van der Waals surface area contributed by atoms with Gasteiger partial charge in [0.1, 0.15) is 11.5 Å². The number of nitrogens with zero attached hydrogens (tertiary/aromatic N) is 4. The minimum atomic E-state index is -0.0900. The highest BCUT2D eigenvalue weighted by Gasteiger charge is 2.24. The van der Waals surface area contributed by atoms with Crippen LogP contribution in [0.5, 0.6) is 5.75 Å². The maximum atomic E-state index is 12.8. The second-order valence-corrected chi connectivity index (χ2v) is 9.18. The van der Waals surface area contributed by atoms with Gasteiger partial charge in [-0.05, 0) is 30.3 Å². The number of thioether (sulfide) groups is 1. The Morgan fingerprint density at radius 1 is 1.19 bits per heavy atom. The molecule has 1 aromatic carbocycles. The van der Waals surface area contributed by atoms with Crippen LogP contribution in [0, 0.1) is 0 Å². The van der Waals surface area contributed by atoms with E-state index in [1.807, 2.05) is 23.1 Å². The first-order valence-electron chi connectivity index (χ1n) is 10.1. The summed E-state index contributed by atoms with van der Waals surface area (Å²) < 4.78 is 11.1. The molecule has 11 heteroatoms. The fourth-order valence-electron chi connectivity index (χ4n) is 3.21. The molecule has 2 aromatic heterocycles.